The molecule has 0 saturated heterocycles. The van der Waals surface area contributed by atoms with Gasteiger partial charge in [0.2, 0.25) is 5.91 Å². The Hall–Kier alpha value is -1.15. The first kappa shape index (κ1) is 20.9. The lowest BCUT2D eigenvalue weighted by Gasteiger charge is -2.17. The Morgan fingerprint density at radius 1 is 1.59 bits per heavy atom. The zero-order valence-electron chi connectivity index (χ0n) is 13.6. The van der Waals surface area contributed by atoms with E-state index in [9.17, 15) is 9.90 Å². The van der Waals surface area contributed by atoms with Crippen LogP contribution in [-0.2, 0) is 16.1 Å². The van der Waals surface area contributed by atoms with Gasteiger partial charge in [-0.05, 0) is 34.1 Å². The molecule has 0 aliphatic carbocycles. The number of amides is 1. The third-order valence-corrected chi connectivity index (χ3v) is 2.81. The molecule has 0 unspecified atom stereocenters. The second kappa shape index (κ2) is 9.09. The van der Waals surface area contributed by atoms with E-state index in [0.29, 0.717) is 25.4 Å². The maximum Gasteiger partial charge on any atom is 0.242 e. The summed E-state index contributed by atoms with van der Waals surface area (Å²) in [6, 6.07) is 1.02. The van der Waals surface area contributed by atoms with Crippen LogP contribution >= 0.6 is 12.4 Å². The van der Waals surface area contributed by atoms with Gasteiger partial charge in [0.15, 0.2) is 5.82 Å². The smallest absolute Gasteiger partial charge is 0.242 e. The summed E-state index contributed by atoms with van der Waals surface area (Å²) in [6.45, 7) is 8.11. The van der Waals surface area contributed by atoms with E-state index in [1.165, 1.54) is 0 Å². The first-order valence-corrected chi connectivity index (χ1v) is 7.15. The highest BCUT2D eigenvalue weighted by atomic mass is 35.5. The van der Waals surface area contributed by atoms with Crippen LogP contribution in [0.5, 0.6) is 0 Å². The summed E-state index contributed by atoms with van der Waals surface area (Å²) >= 11 is 0. The van der Waals surface area contributed by atoms with Gasteiger partial charge in [0, 0.05) is 18.9 Å². The molecule has 4 N–H and O–H groups in total. The number of nitrogens with one attached hydrogen (secondary N) is 1. The molecule has 128 valence electrons. The Kier molecular flexibility index (Phi) is 8.62. The summed E-state index contributed by atoms with van der Waals surface area (Å²) in [5.41, 5.74) is 4.97. The normalized spacial score (nSPS) is 14.1. The minimum absolute atomic E-state index is 0. The van der Waals surface area contributed by atoms with Crippen LogP contribution in [0.3, 0.4) is 0 Å². The van der Waals surface area contributed by atoms with Crippen molar-refractivity contribution in [3.05, 3.63) is 12.3 Å². The number of anilines is 1. The zero-order chi connectivity index (χ0) is 16.0. The molecule has 8 heteroatoms. The Labute approximate surface area is 137 Å². The van der Waals surface area contributed by atoms with E-state index in [0.717, 1.165) is 0 Å². The maximum atomic E-state index is 12.0. The van der Waals surface area contributed by atoms with Gasteiger partial charge >= 0.3 is 0 Å². The second-order valence-corrected chi connectivity index (χ2v) is 5.81. The lowest BCUT2D eigenvalue weighted by atomic mass is 10.1. The molecule has 0 aliphatic heterocycles. The predicted octanol–water partition coefficient (Wildman–Crippen LogP) is 1.16. The van der Waals surface area contributed by atoms with Crippen molar-refractivity contribution in [2.45, 2.75) is 58.4 Å². The Morgan fingerprint density at radius 3 is 2.77 bits per heavy atom. The molecule has 1 aromatic heterocycles. The molecule has 0 spiro atoms. The fourth-order valence-electron chi connectivity index (χ4n) is 1.95. The summed E-state index contributed by atoms with van der Waals surface area (Å²) in [7, 11) is 0. The highest BCUT2D eigenvalue weighted by Gasteiger charge is 2.19. The van der Waals surface area contributed by atoms with Crippen LogP contribution in [0.25, 0.3) is 0 Å². The number of carbonyl (C=O) groups is 1. The second-order valence-electron chi connectivity index (χ2n) is 5.81. The van der Waals surface area contributed by atoms with Crippen molar-refractivity contribution in [3.8, 4) is 0 Å². The van der Waals surface area contributed by atoms with Crippen molar-refractivity contribution in [2.75, 3.05) is 11.9 Å². The molecule has 0 radical (unpaired) electrons. The van der Waals surface area contributed by atoms with Crippen LogP contribution in [-0.4, -0.2) is 45.1 Å². The number of aliphatic hydroxyl groups is 1. The van der Waals surface area contributed by atoms with Crippen molar-refractivity contribution in [1.29, 1.82) is 0 Å². The number of aromatic nitrogens is 2. The molecule has 1 amide bonds. The van der Waals surface area contributed by atoms with Crippen LogP contribution in [0.4, 0.5) is 5.82 Å². The average molecular weight is 335 g/mol. The molecule has 1 heterocycles. The summed E-state index contributed by atoms with van der Waals surface area (Å²) in [4.78, 5) is 12.0. The van der Waals surface area contributed by atoms with Gasteiger partial charge in [-0.1, -0.05) is 0 Å². The Bertz CT molecular complexity index is 459. The number of halogens is 1. The van der Waals surface area contributed by atoms with E-state index in [1.54, 1.807) is 30.8 Å². The molecule has 0 aliphatic rings. The first-order chi connectivity index (χ1) is 9.71. The molecule has 0 bridgehead atoms. The molecule has 0 aromatic carbocycles. The molecular weight excluding hydrogens is 308 g/mol. The molecule has 2 atom stereocenters. The van der Waals surface area contributed by atoms with Gasteiger partial charge in [0.05, 0.1) is 24.3 Å². The van der Waals surface area contributed by atoms with Gasteiger partial charge in [0.1, 0.15) is 0 Å². The van der Waals surface area contributed by atoms with Gasteiger partial charge in [-0.3, -0.25) is 9.48 Å². The van der Waals surface area contributed by atoms with Gasteiger partial charge in [-0.2, -0.15) is 5.10 Å². The Morgan fingerprint density at radius 2 is 2.23 bits per heavy atom. The van der Waals surface area contributed by atoms with E-state index >= 15 is 0 Å². The van der Waals surface area contributed by atoms with Crippen LogP contribution < -0.4 is 11.1 Å². The standard InChI is InChI=1S/C14H26N4O3.ClH/c1-5-21-10(2)8-11(15)13(19)16-12-6-7-18(17-12)9-14(3,4)20;/h6-7,10-11,20H,5,8-9,15H2,1-4H3,(H,16,17,19);1H/t10-,11+;/m1./s1. The summed E-state index contributed by atoms with van der Waals surface area (Å²) in [5, 5.41) is 16.6. The number of carbonyl (C=O) groups excluding carboxylic acids is 1. The number of rotatable bonds is 8. The minimum Gasteiger partial charge on any atom is -0.389 e. The van der Waals surface area contributed by atoms with Gasteiger partial charge in [-0.25, -0.2) is 0 Å². The maximum absolute atomic E-state index is 12.0. The molecule has 1 aromatic rings. The third kappa shape index (κ3) is 7.74. The monoisotopic (exact) mass is 334 g/mol. The quantitative estimate of drug-likeness (QED) is 0.662. The summed E-state index contributed by atoms with van der Waals surface area (Å²) in [5.74, 6) is 0.124. The largest absolute Gasteiger partial charge is 0.389 e. The van der Waals surface area contributed by atoms with E-state index in [-0.39, 0.29) is 24.4 Å². The number of hydrogen-bond acceptors (Lipinski definition) is 5. The number of hydrogen-bond donors (Lipinski definition) is 3. The SMILES string of the molecule is CCO[C@H](C)C[C@H](N)C(=O)Nc1ccn(CC(C)(C)O)n1.Cl. The van der Waals surface area contributed by atoms with Crippen molar-refractivity contribution < 1.29 is 14.6 Å². The van der Waals surface area contributed by atoms with E-state index in [2.05, 4.69) is 10.4 Å². The number of nitrogens with zero attached hydrogens (tertiary/aromatic N) is 2. The van der Waals surface area contributed by atoms with E-state index in [1.807, 2.05) is 13.8 Å². The zero-order valence-corrected chi connectivity index (χ0v) is 14.4. The lowest BCUT2D eigenvalue weighted by Crippen LogP contribution is -2.38. The van der Waals surface area contributed by atoms with Crippen LogP contribution in [0.2, 0.25) is 0 Å². The molecule has 22 heavy (non-hydrogen) atoms. The summed E-state index contributed by atoms with van der Waals surface area (Å²) < 4.78 is 6.94. The third-order valence-electron chi connectivity index (χ3n) is 2.81. The topological polar surface area (TPSA) is 102 Å². The molecule has 0 fully saturated rings. The van der Waals surface area contributed by atoms with Gasteiger partial charge in [-0.15, -0.1) is 12.4 Å². The highest BCUT2D eigenvalue weighted by Crippen LogP contribution is 2.09. The van der Waals surface area contributed by atoms with Crippen LogP contribution in [0.1, 0.15) is 34.1 Å². The van der Waals surface area contributed by atoms with Crippen molar-refractivity contribution >= 4 is 24.1 Å². The number of ether oxygens (including phenoxy) is 1. The predicted molar refractivity (Wildman–Crippen MR) is 88.1 cm³/mol. The van der Waals surface area contributed by atoms with Crippen LogP contribution in [0.15, 0.2) is 12.3 Å². The Balaban J connectivity index is 0.00000441. The highest BCUT2D eigenvalue weighted by molar-refractivity contribution is 5.93. The van der Waals surface area contributed by atoms with Crippen LogP contribution in [0, 0.1) is 0 Å². The average Bonchev–Trinajstić information content (AvgIpc) is 2.73. The van der Waals surface area contributed by atoms with Crippen molar-refractivity contribution in [1.82, 2.24) is 9.78 Å². The number of nitrogens with two attached hydrogens (primary N) is 1. The molecular formula is C14H27ClN4O3. The summed E-state index contributed by atoms with van der Waals surface area (Å²) in [6.07, 6.45) is 2.08. The van der Waals surface area contributed by atoms with E-state index in [4.69, 9.17) is 10.5 Å². The molecule has 7 nitrogen and oxygen atoms in total. The van der Waals surface area contributed by atoms with E-state index < -0.39 is 11.6 Å². The molecule has 0 saturated carbocycles. The van der Waals surface area contributed by atoms with Gasteiger partial charge < -0.3 is 20.9 Å². The van der Waals surface area contributed by atoms with Gasteiger partial charge in [0.25, 0.3) is 0 Å². The van der Waals surface area contributed by atoms with Crippen molar-refractivity contribution in [2.24, 2.45) is 5.73 Å². The fourth-order valence-corrected chi connectivity index (χ4v) is 1.95. The minimum atomic E-state index is -0.864. The fraction of sp³-hybridized carbons (Fsp3) is 0.714. The molecule has 1 rings (SSSR count). The lowest BCUT2D eigenvalue weighted by molar-refractivity contribution is -0.118. The first-order valence-electron chi connectivity index (χ1n) is 7.15. The van der Waals surface area contributed by atoms with Crippen molar-refractivity contribution in [3.63, 3.8) is 0 Å².